The van der Waals surface area contributed by atoms with Gasteiger partial charge in [0, 0.05) is 13.0 Å². The van der Waals surface area contributed by atoms with Crippen LogP contribution in [0.15, 0.2) is 30.3 Å². The molecule has 124 valence electrons. The van der Waals surface area contributed by atoms with Gasteiger partial charge < -0.3 is 9.64 Å². The minimum Gasteiger partial charge on any atom is -0.373 e. The molecule has 1 saturated carbocycles. The van der Waals surface area contributed by atoms with Crippen LogP contribution in [0, 0.1) is 11.8 Å². The molecule has 1 fully saturated rings. The Labute approximate surface area is 136 Å². The van der Waals surface area contributed by atoms with Crippen LogP contribution in [0.3, 0.4) is 0 Å². The van der Waals surface area contributed by atoms with Crippen LogP contribution in [0.5, 0.6) is 0 Å². The fraction of sp³-hybridized carbons (Fsp3) is 0.700. The molecule has 1 aromatic rings. The van der Waals surface area contributed by atoms with E-state index in [1.54, 1.807) is 0 Å². The van der Waals surface area contributed by atoms with Crippen LogP contribution >= 0.6 is 0 Å². The Morgan fingerprint density at radius 1 is 1.14 bits per heavy atom. The summed E-state index contributed by atoms with van der Waals surface area (Å²) < 4.78 is 6.47. The number of ether oxygens (including phenoxy) is 1. The molecule has 0 heterocycles. The average Bonchev–Trinajstić information content (AvgIpc) is 2.48. The zero-order valence-electron chi connectivity index (χ0n) is 14.8. The molecule has 0 saturated heterocycles. The van der Waals surface area contributed by atoms with Gasteiger partial charge >= 0.3 is 0 Å². The van der Waals surface area contributed by atoms with Gasteiger partial charge in [-0.15, -0.1) is 0 Å². The number of rotatable bonds is 7. The second-order valence-corrected chi connectivity index (χ2v) is 7.58. The van der Waals surface area contributed by atoms with Gasteiger partial charge in [0.05, 0.1) is 12.2 Å². The van der Waals surface area contributed by atoms with E-state index in [2.05, 4.69) is 63.2 Å². The second kappa shape index (κ2) is 8.12. The summed E-state index contributed by atoms with van der Waals surface area (Å²) >= 11 is 0. The van der Waals surface area contributed by atoms with Crippen LogP contribution in [0.4, 0.5) is 0 Å². The van der Waals surface area contributed by atoms with Crippen molar-refractivity contribution in [1.82, 2.24) is 4.90 Å². The predicted molar refractivity (Wildman–Crippen MR) is 94.2 cm³/mol. The van der Waals surface area contributed by atoms with Crippen LogP contribution in [0.2, 0.25) is 0 Å². The second-order valence-electron chi connectivity index (χ2n) is 7.58. The van der Waals surface area contributed by atoms with E-state index < -0.39 is 0 Å². The lowest BCUT2D eigenvalue weighted by Gasteiger charge is -2.41. The van der Waals surface area contributed by atoms with Crippen LogP contribution < -0.4 is 0 Å². The molecule has 0 aliphatic heterocycles. The first-order chi connectivity index (χ1) is 10.5. The Kier molecular flexibility index (Phi) is 6.46. The summed E-state index contributed by atoms with van der Waals surface area (Å²) in [6.07, 6.45) is 6.10. The maximum atomic E-state index is 6.47. The summed E-state index contributed by atoms with van der Waals surface area (Å²) in [6, 6.07) is 10.9. The van der Waals surface area contributed by atoms with Crippen molar-refractivity contribution in [3.8, 4) is 0 Å². The summed E-state index contributed by atoms with van der Waals surface area (Å²) in [5.41, 5.74) is 1.47. The van der Waals surface area contributed by atoms with Gasteiger partial charge in [-0.05, 0) is 57.2 Å². The Morgan fingerprint density at radius 3 is 2.32 bits per heavy atom. The van der Waals surface area contributed by atoms with Crippen molar-refractivity contribution in [3.05, 3.63) is 35.9 Å². The zero-order valence-corrected chi connectivity index (χ0v) is 14.8. The van der Waals surface area contributed by atoms with Gasteiger partial charge in [0.2, 0.25) is 0 Å². The summed E-state index contributed by atoms with van der Waals surface area (Å²) in [6.45, 7) is 6.57. The van der Waals surface area contributed by atoms with Gasteiger partial charge in [0.1, 0.15) is 0 Å². The first-order valence-electron chi connectivity index (χ1n) is 8.83. The van der Waals surface area contributed by atoms with Gasteiger partial charge in [-0.25, -0.2) is 0 Å². The molecular formula is C20H33NO. The van der Waals surface area contributed by atoms with Crippen LogP contribution in [0.25, 0.3) is 0 Å². The highest BCUT2D eigenvalue weighted by atomic mass is 16.5. The van der Waals surface area contributed by atoms with E-state index in [0.29, 0.717) is 0 Å². The maximum Gasteiger partial charge on any atom is 0.0723 e. The van der Waals surface area contributed by atoms with Crippen molar-refractivity contribution in [2.24, 2.45) is 11.8 Å². The first kappa shape index (κ1) is 17.5. The van der Waals surface area contributed by atoms with Crippen LogP contribution in [0.1, 0.15) is 45.1 Å². The van der Waals surface area contributed by atoms with E-state index in [4.69, 9.17) is 4.74 Å². The molecule has 2 heteroatoms. The van der Waals surface area contributed by atoms with Crippen LogP contribution in [-0.2, 0) is 11.2 Å². The third-order valence-electron chi connectivity index (χ3n) is 5.20. The number of hydrogen-bond acceptors (Lipinski definition) is 2. The average molecular weight is 303 g/mol. The van der Waals surface area contributed by atoms with Crippen molar-refractivity contribution < 1.29 is 4.74 Å². The molecule has 0 atom stereocenters. The highest BCUT2D eigenvalue weighted by Gasteiger charge is 2.37. The molecule has 0 bridgehead atoms. The third-order valence-corrected chi connectivity index (χ3v) is 5.20. The van der Waals surface area contributed by atoms with E-state index >= 15 is 0 Å². The molecule has 0 N–H and O–H groups in total. The number of likely N-dealkylation sites (N-methyl/N-ethyl adjacent to an activating group) is 1. The standard InChI is InChI=1S/C20H33NO/c1-17(2)19-10-12-20(13-11-19,22-15-14-21(3)4)16-18-8-6-5-7-9-18/h5-9,17,19H,10-16H2,1-4H3. The fourth-order valence-electron chi connectivity index (χ4n) is 3.62. The molecule has 0 spiro atoms. The Hall–Kier alpha value is -0.860. The van der Waals surface area contributed by atoms with Gasteiger partial charge in [-0.3, -0.25) is 0 Å². The Bertz CT molecular complexity index is 413. The van der Waals surface area contributed by atoms with Gasteiger partial charge in [0.15, 0.2) is 0 Å². The van der Waals surface area contributed by atoms with E-state index in [1.165, 1.54) is 31.2 Å². The lowest BCUT2D eigenvalue weighted by Crippen LogP contribution is -2.41. The monoisotopic (exact) mass is 303 g/mol. The minimum absolute atomic E-state index is 0.0583. The van der Waals surface area contributed by atoms with Gasteiger partial charge in [-0.1, -0.05) is 44.2 Å². The topological polar surface area (TPSA) is 12.5 Å². The minimum atomic E-state index is 0.0583. The Morgan fingerprint density at radius 2 is 1.77 bits per heavy atom. The summed E-state index contributed by atoms with van der Waals surface area (Å²) in [7, 11) is 4.23. The van der Waals surface area contributed by atoms with Crippen molar-refractivity contribution in [1.29, 1.82) is 0 Å². The predicted octanol–water partition coefficient (Wildman–Crippen LogP) is 4.39. The molecular weight excluding hydrogens is 270 g/mol. The highest BCUT2D eigenvalue weighted by Crippen LogP contribution is 2.40. The molecule has 0 unspecified atom stereocenters. The molecule has 1 aliphatic carbocycles. The normalized spacial score (nSPS) is 25.8. The lowest BCUT2D eigenvalue weighted by atomic mass is 9.72. The summed E-state index contributed by atoms with van der Waals surface area (Å²) in [5, 5.41) is 0. The van der Waals surface area contributed by atoms with Gasteiger partial charge in [0.25, 0.3) is 0 Å². The zero-order chi connectivity index (χ0) is 16.0. The van der Waals surface area contributed by atoms with E-state index in [1.807, 2.05) is 0 Å². The third kappa shape index (κ3) is 5.10. The highest BCUT2D eigenvalue weighted by molar-refractivity contribution is 5.17. The van der Waals surface area contributed by atoms with E-state index in [9.17, 15) is 0 Å². The summed E-state index contributed by atoms with van der Waals surface area (Å²) in [4.78, 5) is 2.20. The van der Waals surface area contributed by atoms with Crippen molar-refractivity contribution in [3.63, 3.8) is 0 Å². The fourth-order valence-corrected chi connectivity index (χ4v) is 3.62. The molecule has 1 aromatic carbocycles. The number of benzene rings is 1. The quantitative estimate of drug-likeness (QED) is 0.740. The molecule has 0 aromatic heterocycles. The lowest BCUT2D eigenvalue weighted by molar-refractivity contribution is -0.0836. The number of hydrogen-bond donors (Lipinski definition) is 0. The SMILES string of the molecule is CC(C)C1CCC(Cc2ccccc2)(OCCN(C)C)CC1. The number of nitrogens with zero attached hydrogens (tertiary/aromatic N) is 1. The van der Waals surface area contributed by atoms with Crippen molar-refractivity contribution >= 4 is 0 Å². The molecule has 2 nitrogen and oxygen atoms in total. The van der Waals surface area contributed by atoms with Crippen LogP contribution in [-0.4, -0.2) is 37.7 Å². The molecule has 0 radical (unpaired) electrons. The van der Waals surface area contributed by atoms with Crippen molar-refractivity contribution in [2.45, 2.75) is 51.6 Å². The van der Waals surface area contributed by atoms with E-state index in [0.717, 1.165) is 31.4 Å². The molecule has 1 aliphatic rings. The molecule has 22 heavy (non-hydrogen) atoms. The first-order valence-corrected chi connectivity index (χ1v) is 8.83. The summed E-state index contributed by atoms with van der Waals surface area (Å²) in [5.74, 6) is 1.68. The molecule has 0 amide bonds. The Balaban J connectivity index is 2.01. The largest absolute Gasteiger partial charge is 0.373 e. The van der Waals surface area contributed by atoms with E-state index in [-0.39, 0.29) is 5.60 Å². The molecule has 2 rings (SSSR count). The maximum absolute atomic E-state index is 6.47. The smallest absolute Gasteiger partial charge is 0.0723 e. The van der Waals surface area contributed by atoms with Crippen molar-refractivity contribution in [2.75, 3.05) is 27.2 Å². The van der Waals surface area contributed by atoms with Gasteiger partial charge in [-0.2, -0.15) is 0 Å².